The Bertz CT molecular complexity index is 362. The number of hydrogen-bond donors (Lipinski definition) is 1. The van der Waals surface area contributed by atoms with Crippen molar-refractivity contribution >= 4 is 15.9 Å². The minimum absolute atomic E-state index is 0.148. The van der Waals surface area contributed by atoms with Gasteiger partial charge in [-0.2, -0.15) is 0 Å². The molecule has 0 bridgehead atoms. The third-order valence-electron chi connectivity index (χ3n) is 3.21. The third kappa shape index (κ3) is 4.62. The first-order valence-electron chi connectivity index (χ1n) is 6.74. The molecule has 2 N–H and O–H groups in total. The number of halogens is 1. The van der Waals surface area contributed by atoms with Crippen LogP contribution in [0.3, 0.4) is 0 Å². The molecule has 0 radical (unpaired) electrons. The molecular weight excluding hydrogens is 290 g/mol. The average Bonchev–Trinajstić information content (AvgIpc) is 2.32. The molecule has 0 aromatic heterocycles. The average molecular weight is 314 g/mol. The van der Waals surface area contributed by atoms with Gasteiger partial charge >= 0.3 is 0 Å². The van der Waals surface area contributed by atoms with Crippen molar-refractivity contribution in [2.24, 2.45) is 11.7 Å². The lowest BCUT2D eigenvalue weighted by Crippen LogP contribution is -2.19. The van der Waals surface area contributed by atoms with E-state index in [4.69, 9.17) is 10.5 Å². The highest BCUT2D eigenvalue weighted by Gasteiger charge is 2.12. The van der Waals surface area contributed by atoms with Crippen LogP contribution in [0.2, 0.25) is 0 Å². The Labute approximate surface area is 119 Å². The van der Waals surface area contributed by atoms with E-state index >= 15 is 0 Å². The van der Waals surface area contributed by atoms with Gasteiger partial charge in [-0.15, -0.1) is 0 Å². The molecule has 0 aliphatic heterocycles. The van der Waals surface area contributed by atoms with Crippen molar-refractivity contribution in [1.82, 2.24) is 0 Å². The van der Waals surface area contributed by atoms with Crippen LogP contribution in [0.4, 0.5) is 0 Å². The summed E-state index contributed by atoms with van der Waals surface area (Å²) < 4.78 is 7.03. The lowest BCUT2D eigenvalue weighted by atomic mass is 10.0. The first kappa shape index (κ1) is 15.5. The normalized spacial score (nSPS) is 12.8. The Morgan fingerprint density at radius 1 is 1.28 bits per heavy atom. The van der Waals surface area contributed by atoms with Crippen molar-refractivity contribution in [1.29, 1.82) is 0 Å². The summed E-state index contributed by atoms with van der Waals surface area (Å²) in [7, 11) is 0. The zero-order chi connectivity index (χ0) is 13.5. The van der Waals surface area contributed by atoms with Gasteiger partial charge in [0.1, 0.15) is 5.75 Å². The molecular formula is C15H24BrNO. The fourth-order valence-corrected chi connectivity index (χ4v) is 2.47. The second-order valence-corrected chi connectivity index (χ2v) is 5.76. The van der Waals surface area contributed by atoms with E-state index in [1.54, 1.807) is 0 Å². The van der Waals surface area contributed by atoms with Gasteiger partial charge in [0.15, 0.2) is 0 Å². The fourth-order valence-electron chi connectivity index (χ4n) is 1.95. The third-order valence-corrected chi connectivity index (χ3v) is 3.83. The zero-order valence-corrected chi connectivity index (χ0v) is 13.2. The van der Waals surface area contributed by atoms with E-state index in [-0.39, 0.29) is 6.04 Å². The van der Waals surface area contributed by atoms with Crippen molar-refractivity contribution in [3.8, 4) is 5.75 Å². The standard InChI is InChI=1S/C15H24BrNO/c1-4-12(5-2)10-18-15-13(9-11(3)17)7-6-8-14(15)16/h6-8,11-12H,4-5,9-10,17H2,1-3H3. The van der Waals surface area contributed by atoms with E-state index in [1.165, 1.54) is 5.56 Å². The van der Waals surface area contributed by atoms with Gasteiger partial charge in [0, 0.05) is 6.04 Å². The molecule has 1 unspecified atom stereocenters. The Kier molecular flexibility index (Phi) is 6.72. The van der Waals surface area contributed by atoms with Gasteiger partial charge in [-0.3, -0.25) is 0 Å². The molecule has 1 atom stereocenters. The molecule has 1 aromatic rings. The summed E-state index contributed by atoms with van der Waals surface area (Å²) in [5.74, 6) is 1.59. The van der Waals surface area contributed by atoms with Gasteiger partial charge in [0.25, 0.3) is 0 Å². The monoisotopic (exact) mass is 313 g/mol. The summed E-state index contributed by atoms with van der Waals surface area (Å²) in [6.07, 6.45) is 3.16. The number of para-hydroxylation sites is 1. The molecule has 2 nitrogen and oxygen atoms in total. The van der Waals surface area contributed by atoms with E-state index < -0.39 is 0 Å². The number of hydrogen-bond acceptors (Lipinski definition) is 2. The van der Waals surface area contributed by atoms with Crippen molar-refractivity contribution in [2.75, 3.05) is 6.61 Å². The molecule has 0 saturated carbocycles. The Balaban J connectivity index is 2.79. The molecule has 0 amide bonds. The fraction of sp³-hybridized carbons (Fsp3) is 0.600. The Morgan fingerprint density at radius 2 is 1.94 bits per heavy atom. The number of rotatable bonds is 7. The Hall–Kier alpha value is -0.540. The molecule has 0 saturated heterocycles. The van der Waals surface area contributed by atoms with E-state index in [0.29, 0.717) is 5.92 Å². The molecule has 0 heterocycles. The maximum absolute atomic E-state index is 6.01. The predicted molar refractivity (Wildman–Crippen MR) is 81.1 cm³/mol. The highest BCUT2D eigenvalue weighted by molar-refractivity contribution is 9.10. The van der Waals surface area contributed by atoms with E-state index in [2.05, 4.69) is 35.8 Å². The van der Waals surface area contributed by atoms with E-state index in [0.717, 1.165) is 36.1 Å². The minimum atomic E-state index is 0.148. The summed E-state index contributed by atoms with van der Waals surface area (Å²) in [6.45, 7) is 7.22. The van der Waals surface area contributed by atoms with Crippen LogP contribution in [0, 0.1) is 5.92 Å². The summed E-state index contributed by atoms with van der Waals surface area (Å²) in [5, 5.41) is 0. The maximum atomic E-state index is 6.01. The summed E-state index contributed by atoms with van der Waals surface area (Å²) in [6, 6.07) is 6.30. The van der Waals surface area contributed by atoms with Gasteiger partial charge in [0.2, 0.25) is 0 Å². The van der Waals surface area contributed by atoms with Crippen LogP contribution < -0.4 is 10.5 Å². The van der Waals surface area contributed by atoms with Gasteiger partial charge in [-0.05, 0) is 46.8 Å². The molecule has 1 aromatic carbocycles. The van der Waals surface area contributed by atoms with Gasteiger partial charge in [-0.1, -0.05) is 38.8 Å². The largest absolute Gasteiger partial charge is 0.492 e. The maximum Gasteiger partial charge on any atom is 0.136 e. The number of ether oxygens (including phenoxy) is 1. The molecule has 0 aliphatic carbocycles. The molecule has 0 spiro atoms. The SMILES string of the molecule is CCC(CC)COc1c(Br)cccc1CC(C)N. The molecule has 0 fully saturated rings. The zero-order valence-electron chi connectivity index (χ0n) is 11.6. The van der Waals surface area contributed by atoms with Gasteiger partial charge in [-0.25, -0.2) is 0 Å². The molecule has 18 heavy (non-hydrogen) atoms. The molecule has 102 valence electrons. The first-order valence-corrected chi connectivity index (χ1v) is 7.53. The van der Waals surface area contributed by atoms with Crippen LogP contribution in [0.25, 0.3) is 0 Å². The summed E-state index contributed by atoms with van der Waals surface area (Å²) in [4.78, 5) is 0. The number of benzene rings is 1. The summed E-state index contributed by atoms with van der Waals surface area (Å²) in [5.41, 5.74) is 7.07. The molecule has 3 heteroatoms. The van der Waals surface area contributed by atoms with Gasteiger partial charge in [0.05, 0.1) is 11.1 Å². The van der Waals surface area contributed by atoms with Crippen LogP contribution in [-0.2, 0) is 6.42 Å². The molecule has 1 rings (SSSR count). The van der Waals surface area contributed by atoms with E-state index in [1.807, 2.05) is 19.1 Å². The highest BCUT2D eigenvalue weighted by atomic mass is 79.9. The van der Waals surface area contributed by atoms with Crippen molar-refractivity contribution < 1.29 is 4.74 Å². The van der Waals surface area contributed by atoms with Crippen LogP contribution >= 0.6 is 15.9 Å². The Morgan fingerprint density at radius 3 is 2.50 bits per heavy atom. The second kappa shape index (κ2) is 7.80. The van der Waals surface area contributed by atoms with Gasteiger partial charge < -0.3 is 10.5 Å². The van der Waals surface area contributed by atoms with Crippen LogP contribution in [-0.4, -0.2) is 12.6 Å². The van der Waals surface area contributed by atoms with Crippen molar-refractivity contribution in [3.05, 3.63) is 28.2 Å². The summed E-state index contributed by atoms with van der Waals surface area (Å²) >= 11 is 3.57. The highest BCUT2D eigenvalue weighted by Crippen LogP contribution is 2.30. The predicted octanol–water partition coefficient (Wildman–Crippen LogP) is 4.15. The number of nitrogens with two attached hydrogens (primary N) is 1. The van der Waals surface area contributed by atoms with E-state index in [9.17, 15) is 0 Å². The minimum Gasteiger partial charge on any atom is -0.492 e. The smallest absolute Gasteiger partial charge is 0.136 e. The topological polar surface area (TPSA) is 35.2 Å². The lowest BCUT2D eigenvalue weighted by Gasteiger charge is -2.18. The van der Waals surface area contributed by atoms with Crippen molar-refractivity contribution in [3.63, 3.8) is 0 Å². The first-order chi connectivity index (χ1) is 8.58. The lowest BCUT2D eigenvalue weighted by molar-refractivity contribution is 0.237. The van der Waals surface area contributed by atoms with Crippen LogP contribution in [0.1, 0.15) is 39.2 Å². The van der Waals surface area contributed by atoms with Crippen LogP contribution in [0.15, 0.2) is 22.7 Å². The quantitative estimate of drug-likeness (QED) is 0.820. The molecule has 0 aliphatic rings. The second-order valence-electron chi connectivity index (χ2n) is 4.90. The van der Waals surface area contributed by atoms with Crippen molar-refractivity contribution in [2.45, 2.75) is 46.1 Å². The van der Waals surface area contributed by atoms with Crippen LogP contribution in [0.5, 0.6) is 5.75 Å².